The van der Waals surface area contributed by atoms with Gasteiger partial charge in [0, 0.05) is 38.2 Å². The van der Waals surface area contributed by atoms with Crippen molar-refractivity contribution in [2.24, 2.45) is 0 Å². The fraction of sp³-hybridized carbons (Fsp3) is 0. The first-order valence-corrected chi connectivity index (χ1v) is 18.8. The second-order valence-corrected chi connectivity index (χ2v) is 14.0. The summed E-state index contributed by atoms with van der Waals surface area (Å²) in [5.41, 5.74) is 12.4. The first-order valence-electron chi connectivity index (χ1n) is 18.8. The number of aromatic nitrogens is 4. The highest BCUT2D eigenvalue weighted by Gasteiger charge is 2.18. The average molecular weight is 717 g/mol. The van der Waals surface area contributed by atoms with E-state index in [1.807, 2.05) is 36.4 Å². The molecule has 262 valence electrons. The molecular formula is C51H32N4O. The van der Waals surface area contributed by atoms with E-state index in [0.717, 1.165) is 82.7 Å². The molecule has 0 aliphatic rings. The van der Waals surface area contributed by atoms with E-state index in [9.17, 15) is 0 Å². The van der Waals surface area contributed by atoms with Gasteiger partial charge in [-0.05, 0) is 58.1 Å². The van der Waals surface area contributed by atoms with Gasteiger partial charge in [-0.3, -0.25) is 4.57 Å². The van der Waals surface area contributed by atoms with Crippen LogP contribution in [-0.4, -0.2) is 19.5 Å². The fourth-order valence-electron chi connectivity index (χ4n) is 7.96. The first-order chi connectivity index (χ1) is 27.7. The number of rotatable bonds is 6. The van der Waals surface area contributed by atoms with Gasteiger partial charge < -0.3 is 4.42 Å². The molecule has 5 nitrogen and oxygen atoms in total. The van der Waals surface area contributed by atoms with E-state index in [1.165, 1.54) is 5.56 Å². The Morgan fingerprint density at radius 2 is 0.839 bits per heavy atom. The predicted molar refractivity (Wildman–Crippen MR) is 229 cm³/mol. The van der Waals surface area contributed by atoms with Gasteiger partial charge in [-0.15, -0.1) is 0 Å². The molecule has 8 aromatic carbocycles. The minimum absolute atomic E-state index is 0.582. The Balaban J connectivity index is 0.980. The lowest BCUT2D eigenvalue weighted by atomic mass is 9.97. The minimum Gasteiger partial charge on any atom is -0.455 e. The lowest BCUT2D eigenvalue weighted by Crippen LogP contribution is -2.06. The summed E-state index contributed by atoms with van der Waals surface area (Å²) < 4.78 is 8.76. The lowest BCUT2D eigenvalue weighted by Gasteiger charge is -2.11. The molecule has 3 aromatic heterocycles. The molecule has 0 aliphatic carbocycles. The van der Waals surface area contributed by atoms with Crippen LogP contribution in [0.5, 0.6) is 0 Å². The van der Waals surface area contributed by atoms with E-state index in [2.05, 4.69) is 162 Å². The molecule has 0 amide bonds. The molecular weight excluding hydrogens is 685 g/mol. The quantitative estimate of drug-likeness (QED) is 0.172. The Labute approximate surface area is 322 Å². The van der Waals surface area contributed by atoms with Gasteiger partial charge in [0.2, 0.25) is 5.95 Å². The Morgan fingerprint density at radius 3 is 1.55 bits per heavy atom. The van der Waals surface area contributed by atoms with E-state index in [1.54, 1.807) is 0 Å². The number of benzene rings is 8. The smallest absolute Gasteiger partial charge is 0.238 e. The van der Waals surface area contributed by atoms with Crippen LogP contribution in [0, 0.1) is 0 Å². The van der Waals surface area contributed by atoms with Crippen LogP contribution >= 0.6 is 0 Å². The molecule has 5 heteroatoms. The molecule has 0 N–H and O–H groups in total. The summed E-state index contributed by atoms with van der Waals surface area (Å²) in [6.07, 6.45) is 0. The Bertz CT molecular complexity index is 3180. The van der Waals surface area contributed by atoms with Crippen molar-refractivity contribution in [2.75, 3.05) is 0 Å². The highest BCUT2D eigenvalue weighted by molar-refractivity contribution is 6.11. The normalized spacial score (nSPS) is 11.6. The largest absolute Gasteiger partial charge is 0.455 e. The van der Waals surface area contributed by atoms with Gasteiger partial charge in [0.1, 0.15) is 11.2 Å². The summed E-state index contributed by atoms with van der Waals surface area (Å²) in [5, 5.41) is 4.54. The lowest BCUT2D eigenvalue weighted by molar-refractivity contribution is 0.670. The highest BCUT2D eigenvalue weighted by Crippen LogP contribution is 2.39. The molecule has 0 saturated heterocycles. The molecule has 0 fully saturated rings. The molecule has 11 rings (SSSR count). The second-order valence-electron chi connectivity index (χ2n) is 14.0. The summed E-state index contributed by atoms with van der Waals surface area (Å²) >= 11 is 0. The zero-order valence-electron chi connectivity index (χ0n) is 30.2. The van der Waals surface area contributed by atoms with Crippen molar-refractivity contribution in [3.63, 3.8) is 0 Å². The van der Waals surface area contributed by atoms with Crippen LogP contribution in [0.2, 0.25) is 0 Å². The van der Waals surface area contributed by atoms with Crippen LogP contribution in [0.15, 0.2) is 199 Å². The van der Waals surface area contributed by atoms with Crippen molar-refractivity contribution in [1.29, 1.82) is 0 Å². The molecule has 0 atom stereocenters. The maximum atomic E-state index is 6.62. The van der Waals surface area contributed by atoms with Crippen molar-refractivity contribution in [3.8, 4) is 62.1 Å². The Kier molecular flexibility index (Phi) is 7.42. The third kappa shape index (κ3) is 5.37. The standard InChI is InChI=1S/C51H32N4O/c1-3-13-33(14-4-1)38-29-30-43-44-22-12-21-40(48(44)56-47(43)32-38)39-18-11-17-37(31-39)34-25-27-36(28-26-34)50-52-49(35-15-5-2-6-16-35)53-51(54-50)55-45-23-9-7-19-41(45)42-20-8-10-24-46(42)55/h1-32H. The van der Waals surface area contributed by atoms with Crippen molar-refractivity contribution in [3.05, 3.63) is 194 Å². The number of fused-ring (bicyclic) bond motifs is 6. The molecule has 56 heavy (non-hydrogen) atoms. The van der Waals surface area contributed by atoms with E-state index < -0.39 is 0 Å². The SMILES string of the molecule is c1ccc(-c2ccc3c(c2)oc2c(-c4cccc(-c5ccc(-c6nc(-c7ccccc7)nc(-n7c8ccccc8c8ccccc87)n6)cc5)c4)cccc23)cc1. The molecule has 0 spiro atoms. The van der Waals surface area contributed by atoms with E-state index >= 15 is 0 Å². The average Bonchev–Trinajstić information content (AvgIpc) is 3.83. The van der Waals surface area contributed by atoms with E-state index in [4.69, 9.17) is 19.4 Å². The molecule has 0 saturated carbocycles. The van der Waals surface area contributed by atoms with Gasteiger partial charge in [-0.25, -0.2) is 4.98 Å². The molecule has 0 aliphatic heterocycles. The van der Waals surface area contributed by atoms with Crippen LogP contribution in [-0.2, 0) is 0 Å². The molecule has 3 heterocycles. The second kappa shape index (κ2) is 13.0. The molecule has 11 aromatic rings. The summed E-state index contributed by atoms with van der Waals surface area (Å²) in [7, 11) is 0. The van der Waals surface area contributed by atoms with Crippen molar-refractivity contribution in [1.82, 2.24) is 19.5 Å². The number of nitrogens with zero attached hydrogens (tertiary/aromatic N) is 4. The van der Waals surface area contributed by atoms with Gasteiger partial charge in [-0.2, -0.15) is 9.97 Å². The first kappa shape index (κ1) is 31.9. The van der Waals surface area contributed by atoms with Crippen LogP contribution in [0.25, 0.3) is 106 Å². The summed E-state index contributed by atoms with van der Waals surface area (Å²) in [5.74, 6) is 1.82. The highest BCUT2D eigenvalue weighted by atomic mass is 16.3. The zero-order chi connectivity index (χ0) is 37.0. The van der Waals surface area contributed by atoms with Crippen molar-refractivity contribution in [2.45, 2.75) is 0 Å². The van der Waals surface area contributed by atoms with Crippen LogP contribution in [0.1, 0.15) is 0 Å². The van der Waals surface area contributed by atoms with Gasteiger partial charge in [0.15, 0.2) is 11.6 Å². The summed E-state index contributed by atoms with van der Waals surface area (Å²) in [6, 6.07) is 67.4. The topological polar surface area (TPSA) is 56.7 Å². The summed E-state index contributed by atoms with van der Waals surface area (Å²) in [6.45, 7) is 0. The Hall–Kier alpha value is -7.63. The van der Waals surface area contributed by atoms with E-state index in [-0.39, 0.29) is 0 Å². The van der Waals surface area contributed by atoms with E-state index in [0.29, 0.717) is 17.6 Å². The molecule has 0 bridgehead atoms. The van der Waals surface area contributed by atoms with Gasteiger partial charge in [-0.1, -0.05) is 164 Å². The number of hydrogen-bond acceptors (Lipinski definition) is 4. The molecule has 0 radical (unpaired) electrons. The summed E-state index contributed by atoms with van der Waals surface area (Å²) in [4.78, 5) is 15.2. The number of hydrogen-bond donors (Lipinski definition) is 0. The maximum absolute atomic E-state index is 6.62. The third-order valence-electron chi connectivity index (χ3n) is 10.7. The number of furan rings is 1. The molecule has 0 unspecified atom stereocenters. The van der Waals surface area contributed by atoms with Crippen LogP contribution in [0.3, 0.4) is 0 Å². The third-order valence-corrected chi connectivity index (χ3v) is 10.7. The van der Waals surface area contributed by atoms with Crippen molar-refractivity contribution >= 4 is 43.7 Å². The van der Waals surface area contributed by atoms with Crippen LogP contribution < -0.4 is 0 Å². The Morgan fingerprint density at radius 1 is 0.339 bits per heavy atom. The van der Waals surface area contributed by atoms with Crippen molar-refractivity contribution < 1.29 is 4.42 Å². The maximum Gasteiger partial charge on any atom is 0.238 e. The zero-order valence-corrected chi connectivity index (χ0v) is 30.2. The van der Waals surface area contributed by atoms with Gasteiger partial charge >= 0.3 is 0 Å². The van der Waals surface area contributed by atoms with Gasteiger partial charge in [0.25, 0.3) is 0 Å². The van der Waals surface area contributed by atoms with Crippen LogP contribution in [0.4, 0.5) is 0 Å². The monoisotopic (exact) mass is 716 g/mol. The van der Waals surface area contributed by atoms with Gasteiger partial charge in [0.05, 0.1) is 11.0 Å². The fourth-order valence-corrected chi connectivity index (χ4v) is 7.96. The minimum atomic E-state index is 0.582. The number of para-hydroxylation sites is 3. The predicted octanol–water partition coefficient (Wildman–Crippen LogP) is 13.2.